The van der Waals surface area contributed by atoms with Crippen molar-refractivity contribution in [3.8, 4) is 0 Å². The van der Waals surface area contributed by atoms with Crippen LogP contribution >= 0.6 is 0 Å². The van der Waals surface area contributed by atoms with Gasteiger partial charge in [0.2, 0.25) is 5.95 Å². The number of anilines is 4. The number of benzene rings is 2. The van der Waals surface area contributed by atoms with E-state index in [1.54, 1.807) is 0 Å². The maximum absolute atomic E-state index is 5.43. The Labute approximate surface area is 171 Å². The number of ether oxygens (including phenoxy) is 1. The van der Waals surface area contributed by atoms with Gasteiger partial charge in [0, 0.05) is 49.3 Å². The molecule has 0 radical (unpaired) electrons. The van der Waals surface area contributed by atoms with Crippen LogP contribution in [0.15, 0.2) is 60.8 Å². The van der Waals surface area contributed by atoms with Gasteiger partial charge in [-0.15, -0.1) is 0 Å². The van der Waals surface area contributed by atoms with Gasteiger partial charge in [0.1, 0.15) is 5.82 Å². The largest absolute Gasteiger partial charge is 0.378 e. The van der Waals surface area contributed by atoms with E-state index in [0.29, 0.717) is 5.95 Å². The van der Waals surface area contributed by atoms with E-state index in [0.717, 1.165) is 57.3 Å². The van der Waals surface area contributed by atoms with Gasteiger partial charge in [-0.25, -0.2) is 4.98 Å². The van der Waals surface area contributed by atoms with Crippen molar-refractivity contribution < 1.29 is 4.74 Å². The van der Waals surface area contributed by atoms with Crippen LogP contribution in [0.4, 0.5) is 23.1 Å². The number of hydrogen-bond donors (Lipinski definition) is 1. The smallest absolute Gasteiger partial charge is 0.229 e. The maximum atomic E-state index is 5.43. The van der Waals surface area contributed by atoms with Crippen LogP contribution in [0, 0.1) is 0 Å². The third kappa shape index (κ3) is 4.03. The van der Waals surface area contributed by atoms with Crippen molar-refractivity contribution in [2.75, 3.05) is 48.0 Å². The molecule has 3 aromatic rings. The Morgan fingerprint density at radius 1 is 0.931 bits per heavy atom. The first-order chi connectivity index (χ1) is 14.3. The highest BCUT2D eigenvalue weighted by Gasteiger charge is 2.22. The van der Waals surface area contributed by atoms with Gasteiger partial charge in [0.05, 0.1) is 13.2 Å². The highest BCUT2D eigenvalue weighted by molar-refractivity contribution is 5.62. The first-order valence-corrected chi connectivity index (χ1v) is 10.2. The number of fused-ring (bicyclic) bond motifs is 1. The summed E-state index contributed by atoms with van der Waals surface area (Å²) in [5.41, 5.74) is 4.73. The van der Waals surface area contributed by atoms with Crippen LogP contribution < -0.4 is 15.1 Å². The summed E-state index contributed by atoms with van der Waals surface area (Å²) in [6.45, 7) is 5.33. The van der Waals surface area contributed by atoms with Gasteiger partial charge in [-0.1, -0.05) is 30.3 Å². The van der Waals surface area contributed by atoms with Crippen molar-refractivity contribution in [2.24, 2.45) is 0 Å². The Bertz CT molecular complexity index is 955. The summed E-state index contributed by atoms with van der Waals surface area (Å²) in [5, 5.41) is 3.36. The van der Waals surface area contributed by atoms with E-state index < -0.39 is 0 Å². The standard InChI is InChI=1S/C23H25N5O/c1-2-4-18(5-3-1)17-28-11-10-19-16-24-23(26-22(19)28)25-20-6-8-21(9-7-20)27-12-14-29-15-13-27/h1-9,16H,10-15,17H2,(H,24,25,26). The minimum Gasteiger partial charge on any atom is -0.378 e. The lowest BCUT2D eigenvalue weighted by molar-refractivity contribution is 0.122. The van der Waals surface area contributed by atoms with E-state index in [2.05, 4.69) is 74.7 Å². The van der Waals surface area contributed by atoms with Crippen LogP contribution in [-0.2, 0) is 17.7 Å². The molecule has 2 aliphatic heterocycles. The third-order valence-corrected chi connectivity index (χ3v) is 5.51. The van der Waals surface area contributed by atoms with Crippen LogP contribution in [0.1, 0.15) is 11.1 Å². The highest BCUT2D eigenvalue weighted by Crippen LogP contribution is 2.28. The van der Waals surface area contributed by atoms with Gasteiger partial charge in [0.15, 0.2) is 0 Å². The Morgan fingerprint density at radius 3 is 2.52 bits per heavy atom. The number of nitrogens with one attached hydrogen (secondary N) is 1. The normalized spacial score (nSPS) is 16.0. The Hall–Kier alpha value is -3.12. The predicted molar refractivity (Wildman–Crippen MR) is 116 cm³/mol. The first kappa shape index (κ1) is 17.9. The van der Waals surface area contributed by atoms with E-state index in [1.165, 1.54) is 16.8 Å². The van der Waals surface area contributed by atoms with E-state index in [9.17, 15) is 0 Å². The van der Waals surface area contributed by atoms with Crippen LogP contribution in [0.5, 0.6) is 0 Å². The summed E-state index contributed by atoms with van der Waals surface area (Å²) < 4.78 is 5.43. The molecule has 148 valence electrons. The molecule has 0 amide bonds. The maximum Gasteiger partial charge on any atom is 0.229 e. The van der Waals surface area contributed by atoms with Gasteiger partial charge in [-0.3, -0.25) is 0 Å². The zero-order chi connectivity index (χ0) is 19.5. The molecule has 29 heavy (non-hydrogen) atoms. The molecule has 6 nitrogen and oxygen atoms in total. The average molecular weight is 387 g/mol. The first-order valence-electron chi connectivity index (χ1n) is 10.2. The number of hydrogen-bond acceptors (Lipinski definition) is 6. The highest BCUT2D eigenvalue weighted by atomic mass is 16.5. The molecule has 2 aromatic carbocycles. The van der Waals surface area contributed by atoms with Crippen molar-refractivity contribution in [1.29, 1.82) is 0 Å². The minimum atomic E-state index is 0.642. The summed E-state index contributed by atoms with van der Waals surface area (Å²) >= 11 is 0. The molecule has 6 heteroatoms. The second kappa shape index (κ2) is 8.09. The third-order valence-electron chi connectivity index (χ3n) is 5.51. The fourth-order valence-corrected chi connectivity index (χ4v) is 3.93. The fraction of sp³-hybridized carbons (Fsp3) is 0.304. The molecule has 5 rings (SSSR count). The van der Waals surface area contributed by atoms with Gasteiger partial charge in [0.25, 0.3) is 0 Å². The molecule has 1 saturated heterocycles. The lowest BCUT2D eigenvalue weighted by Crippen LogP contribution is -2.36. The summed E-state index contributed by atoms with van der Waals surface area (Å²) in [7, 11) is 0. The van der Waals surface area contributed by atoms with Crippen LogP contribution in [0.25, 0.3) is 0 Å². The van der Waals surface area contributed by atoms with Gasteiger partial charge in [-0.2, -0.15) is 4.98 Å². The molecule has 0 spiro atoms. The van der Waals surface area contributed by atoms with Gasteiger partial charge in [-0.05, 0) is 36.2 Å². The molecular formula is C23H25N5O. The summed E-state index contributed by atoms with van der Waals surface area (Å²) in [4.78, 5) is 14.0. The zero-order valence-corrected chi connectivity index (χ0v) is 16.4. The second-order valence-corrected chi connectivity index (χ2v) is 7.47. The van der Waals surface area contributed by atoms with Crippen LogP contribution in [-0.4, -0.2) is 42.8 Å². The van der Waals surface area contributed by atoms with Gasteiger partial charge >= 0.3 is 0 Å². The topological polar surface area (TPSA) is 53.5 Å². The van der Waals surface area contributed by atoms with Gasteiger partial charge < -0.3 is 19.9 Å². The molecule has 0 unspecified atom stereocenters. The molecule has 0 atom stereocenters. The SMILES string of the molecule is c1ccc(CN2CCc3cnc(Nc4ccc(N5CCOCC5)cc4)nc32)cc1. The molecule has 1 N–H and O–H groups in total. The number of aromatic nitrogens is 2. The van der Waals surface area contributed by atoms with E-state index in [1.807, 2.05) is 6.20 Å². The summed E-state index contributed by atoms with van der Waals surface area (Å²) in [6.07, 6.45) is 2.95. The summed E-state index contributed by atoms with van der Waals surface area (Å²) in [5.74, 6) is 1.68. The predicted octanol–water partition coefficient (Wildman–Crippen LogP) is 3.62. The van der Waals surface area contributed by atoms with Crippen molar-refractivity contribution in [2.45, 2.75) is 13.0 Å². The molecular weight excluding hydrogens is 362 g/mol. The Balaban J connectivity index is 1.29. The second-order valence-electron chi connectivity index (χ2n) is 7.47. The lowest BCUT2D eigenvalue weighted by atomic mass is 10.2. The zero-order valence-electron chi connectivity index (χ0n) is 16.4. The van der Waals surface area contributed by atoms with Crippen molar-refractivity contribution >= 4 is 23.1 Å². The van der Waals surface area contributed by atoms with E-state index in [-0.39, 0.29) is 0 Å². The molecule has 0 saturated carbocycles. The number of nitrogens with zero attached hydrogens (tertiary/aromatic N) is 4. The lowest BCUT2D eigenvalue weighted by Gasteiger charge is -2.28. The molecule has 0 bridgehead atoms. The molecule has 0 aliphatic carbocycles. The van der Waals surface area contributed by atoms with Crippen LogP contribution in [0.3, 0.4) is 0 Å². The van der Waals surface area contributed by atoms with Crippen LogP contribution in [0.2, 0.25) is 0 Å². The minimum absolute atomic E-state index is 0.642. The monoisotopic (exact) mass is 387 g/mol. The molecule has 1 fully saturated rings. The van der Waals surface area contributed by atoms with E-state index in [4.69, 9.17) is 9.72 Å². The number of morpholine rings is 1. The molecule has 3 heterocycles. The van der Waals surface area contributed by atoms with E-state index >= 15 is 0 Å². The van der Waals surface area contributed by atoms with Crippen molar-refractivity contribution in [1.82, 2.24) is 9.97 Å². The average Bonchev–Trinajstić information content (AvgIpc) is 3.18. The summed E-state index contributed by atoms with van der Waals surface area (Å²) in [6, 6.07) is 19.0. The van der Waals surface area contributed by atoms with Crippen molar-refractivity contribution in [3.63, 3.8) is 0 Å². The number of rotatable bonds is 5. The fourth-order valence-electron chi connectivity index (χ4n) is 3.93. The van der Waals surface area contributed by atoms with Crippen molar-refractivity contribution in [3.05, 3.63) is 71.9 Å². The quantitative estimate of drug-likeness (QED) is 0.722. The Morgan fingerprint density at radius 2 is 1.72 bits per heavy atom. The molecule has 2 aliphatic rings. The Kier molecular flexibility index (Phi) is 5.01. The molecule has 1 aromatic heterocycles.